The standard InChI is InChI=1S/C23H22N4O3S/c1-14-12-15(2)25-21-17(14)18-20(31-21)23(29)27(13-24-18)19(16-6-4-3-5-7-16)22(28)26-8-10-30-11-9-26/h3-7,12-13,19H,8-11H2,1-2H3. The van der Waals surface area contributed by atoms with Crippen LogP contribution in [-0.2, 0) is 9.53 Å². The molecule has 0 saturated carbocycles. The summed E-state index contributed by atoms with van der Waals surface area (Å²) in [4.78, 5) is 38.9. The van der Waals surface area contributed by atoms with E-state index in [0.717, 1.165) is 27.0 Å². The minimum atomic E-state index is -0.773. The molecule has 4 aromatic rings. The Bertz CT molecular complexity index is 1340. The number of carbonyl (C=O) groups excluding carboxylic acids is 1. The van der Waals surface area contributed by atoms with Crippen LogP contribution in [0.15, 0.2) is 47.5 Å². The van der Waals surface area contributed by atoms with Crippen LogP contribution in [-0.4, -0.2) is 51.6 Å². The molecule has 0 bridgehead atoms. The lowest BCUT2D eigenvalue weighted by Gasteiger charge is -2.31. The number of ether oxygens (including phenoxy) is 1. The molecule has 3 aromatic heterocycles. The number of aromatic nitrogens is 3. The average Bonchev–Trinajstić information content (AvgIpc) is 3.16. The van der Waals surface area contributed by atoms with Crippen molar-refractivity contribution in [2.24, 2.45) is 0 Å². The third kappa shape index (κ3) is 3.41. The Kier molecular flexibility index (Phi) is 5.03. The second-order valence-corrected chi connectivity index (χ2v) is 8.75. The van der Waals surface area contributed by atoms with Crippen LogP contribution in [0.4, 0.5) is 0 Å². The fourth-order valence-corrected chi connectivity index (χ4v) is 5.37. The Labute approximate surface area is 182 Å². The molecule has 4 heterocycles. The summed E-state index contributed by atoms with van der Waals surface area (Å²) in [5.74, 6) is -0.121. The monoisotopic (exact) mass is 434 g/mol. The van der Waals surface area contributed by atoms with Crippen molar-refractivity contribution in [3.05, 3.63) is 69.9 Å². The van der Waals surface area contributed by atoms with E-state index in [0.29, 0.717) is 36.5 Å². The van der Waals surface area contributed by atoms with Gasteiger partial charge in [0.25, 0.3) is 11.5 Å². The van der Waals surface area contributed by atoms with Crippen LogP contribution in [0.25, 0.3) is 20.4 Å². The molecule has 5 rings (SSSR count). The Hall–Kier alpha value is -3.10. The number of aryl methyl sites for hydroxylation is 2. The van der Waals surface area contributed by atoms with Gasteiger partial charge in [0.15, 0.2) is 0 Å². The first kappa shape index (κ1) is 19.8. The highest BCUT2D eigenvalue weighted by molar-refractivity contribution is 7.25. The number of hydrogen-bond donors (Lipinski definition) is 0. The number of nitrogens with zero attached hydrogens (tertiary/aromatic N) is 4. The Morgan fingerprint density at radius 3 is 2.65 bits per heavy atom. The van der Waals surface area contributed by atoms with Crippen molar-refractivity contribution >= 4 is 37.7 Å². The number of fused-ring (bicyclic) bond motifs is 3. The lowest BCUT2D eigenvalue weighted by Crippen LogP contribution is -2.46. The van der Waals surface area contributed by atoms with Gasteiger partial charge < -0.3 is 9.64 Å². The lowest BCUT2D eigenvalue weighted by atomic mass is 10.0. The quantitative estimate of drug-likeness (QED) is 0.495. The summed E-state index contributed by atoms with van der Waals surface area (Å²) in [6, 6.07) is 10.6. The van der Waals surface area contributed by atoms with E-state index in [1.165, 1.54) is 22.2 Å². The first-order valence-electron chi connectivity index (χ1n) is 10.2. The van der Waals surface area contributed by atoms with E-state index >= 15 is 0 Å². The molecule has 1 aliphatic heterocycles. The number of amides is 1. The highest BCUT2D eigenvalue weighted by Crippen LogP contribution is 2.32. The van der Waals surface area contributed by atoms with Crippen LogP contribution in [0.2, 0.25) is 0 Å². The van der Waals surface area contributed by atoms with E-state index < -0.39 is 6.04 Å². The van der Waals surface area contributed by atoms with Gasteiger partial charge in [-0.3, -0.25) is 14.2 Å². The van der Waals surface area contributed by atoms with E-state index in [4.69, 9.17) is 4.74 Å². The maximum atomic E-state index is 13.6. The van der Waals surface area contributed by atoms with Gasteiger partial charge in [0.1, 0.15) is 15.6 Å². The number of pyridine rings is 1. The number of carbonyl (C=O) groups is 1. The molecule has 31 heavy (non-hydrogen) atoms. The number of benzene rings is 1. The summed E-state index contributed by atoms with van der Waals surface area (Å²) >= 11 is 1.34. The third-order valence-electron chi connectivity index (χ3n) is 5.65. The fourth-order valence-electron chi connectivity index (χ4n) is 4.18. The smallest absolute Gasteiger partial charge is 0.272 e. The zero-order valence-electron chi connectivity index (χ0n) is 17.4. The van der Waals surface area contributed by atoms with Gasteiger partial charge >= 0.3 is 0 Å². The van der Waals surface area contributed by atoms with Gasteiger partial charge in [-0.2, -0.15) is 0 Å². The SMILES string of the molecule is Cc1cc(C)c2c(n1)sc1c(=O)n(C(C(=O)N3CCOCC3)c3ccccc3)cnc12. The molecule has 1 fully saturated rings. The molecule has 1 aromatic carbocycles. The molecule has 0 N–H and O–H groups in total. The largest absolute Gasteiger partial charge is 0.378 e. The van der Waals surface area contributed by atoms with E-state index in [1.54, 1.807) is 4.90 Å². The Balaban J connectivity index is 1.70. The maximum Gasteiger partial charge on any atom is 0.272 e. The minimum Gasteiger partial charge on any atom is -0.378 e. The van der Waals surface area contributed by atoms with Crippen molar-refractivity contribution in [2.45, 2.75) is 19.9 Å². The van der Waals surface area contributed by atoms with Crippen molar-refractivity contribution in [3.8, 4) is 0 Å². The van der Waals surface area contributed by atoms with Crippen molar-refractivity contribution in [1.82, 2.24) is 19.4 Å². The van der Waals surface area contributed by atoms with Gasteiger partial charge in [-0.15, -0.1) is 11.3 Å². The molecule has 0 aliphatic carbocycles. The Morgan fingerprint density at radius 2 is 1.90 bits per heavy atom. The molecule has 0 radical (unpaired) electrons. The predicted octanol–water partition coefficient (Wildman–Crippen LogP) is 3.07. The van der Waals surface area contributed by atoms with Crippen LogP contribution in [0.3, 0.4) is 0 Å². The van der Waals surface area contributed by atoms with E-state index in [2.05, 4.69) is 9.97 Å². The molecule has 7 nitrogen and oxygen atoms in total. The van der Waals surface area contributed by atoms with Crippen LogP contribution in [0, 0.1) is 13.8 Å². The van der Waals surface area contributed by atoms with Gasteiger partial charge in [0.2, 0.25) is 0 Å². The fraction of sp³-hybridized carbons (Fsp3) is 0.304. The van der Waals surface area contributed by atoms with Gasteiger partial charge in [-0.25, -0.2) is 9.97 Å². The van der Waals surface area contributed by atoms with Gasteiger partial charge in [0.05, 0.1) is 25.1 Å². The molecule has 1 unspecified atom stereocenters. The second kappa shape index (κ2) is 7.86. The third-order valence-corrected chi connectivity index (χ3v) is 6.71. The lowest BCUT2D eigenvalue weighted by molar-refractivity contribution is -0.137. The van der Waals surface area contributed by atoms with Crippen LogP contribution in [0.1, 0.15) is 22.9 Å². The number of hydrogen-bond acceptors (Lipinski definition) is 6. The first-order valence-corrected chi connectivity index (χ1v) is 11.1. The molecular formula is C23H22N4O3S. The molecule has 8 heteroatoms. The van der Waals surface area contributed by atoms with E-state index in [-0.39, 0.29) is 11.5 Å². The predicted molar refractivity (Wildman–Crippen MR) is 121 cm³/mol. The van der Waals surface area contributed by atoms with Crippen molar-refractivity contribution < 1.29 is 9.53 Å². The average molecular weight is 435 g/mol. The highest BCUT2D eigenvalue weighted by Gasteiger charge is 2.30. The summed E-state index contributed by atoms with van der Waals surface area (Å²) in [6.45, 7) is 5.97. The minimum absolute atomic E-state index is 0.121. The van der Waals surface area contributed by atoms with Crippen molar-refractivity contribution in [3.63, 3.8) is 0 Å². The van der Waals surface area contributed by atoms with E-state index in [1.807, 2.05) is 50.2 Å². The van der Waals surface area contributed by atoms with Crippen molar-refractivity contribution in [1.29, 1.82) is 0 Å². The highest BCUT2D eigenvalue weighted by atomic mass is 32.1. The van der Waals surface area contributed by atoms with Crippen LogP contribution < -0.4 is 5.56 Å². The molecule has 0 spiro atoms. The Morgan fingerprint density at radius 1 is 1.16 bits per heavy atom. The first-order chi connectivity index (χ1) is 15.0. The number of rotatable bonds is 3. The molecule has 1 saturated heterocycles. The summed E-state index contributed by atoms with van der Waals surface area (Å²) in [7, 11) is 0. The zero-order chi connectivity index (χ0) is 21.5. The zero-order valence-corrected chi connectivity index (χ0v) is 18.2. The summed E-state index contributed by atoms with van der Waals surface area (Å²) in [5, 5.41) is 0.908. The molecule has 1 atom stereocenters. The summed E-state index contributed by atoms with van der Waals surface area (Å²) < 4.78 is 7.38. The normalized spacial score (nSPS) is 15.5. The van der Waals surface area contributed by atoms with Crippen LogP contribution >= 0.6 is 11.3 Å². The molecule has 1 amide bonds. The van der Waals surface area contributed by atoms with Gasteiger partial charge in [0, 0.05) is 24.2 Å². The topological polar surface area (TPSA) is 77.3 Å². The van der Waals surface area contributed by atoms with Gasteiger partial charge in [-0.1, -0.05) is 30.3 Å². The molecule has 158 valence electrons. The van der Waals surface area contributed by atoms with Crippen molar-refractivity contribution in [2.75, 3.05) is 26.3 Å². The maximum absolute atomic E-state index is 13.6. The number of thiophene rings is 1. The van der Waals surface area contributed by atoms with Gasteiger partial charge in [-0.05, 0) is 31.0 Å². The number of morpholine rings is 1. The van der Waals surface area contributed by atoms with Crippen LogP contribution in [0.5, 0.6) is 0 Å². The second-order valence-electron chi connectivity index (χ2n) is 7.75. The molecular weight excluding hydrogens is 412 g/mol. The molecule has 1 aliphatic rings. The summed E-state index contributed by atoms with van der Waals surface area (Å²) in [6.07, 6.45) is 1.51. The summed E-state index contributed by atoms with van der Waals surface area (Å²) in [5.41, 5.74) is 3.13. The van der Waals surface area contributed by atoms with E-state index in [9.17, 15) is 9.59 Å².